The molecule has 0 fully saturated rings. The topological polar surface area (TPSA) is 83.6 Å². The molecule has 0 saturated carbocycles. The van der Waals surface area contributed by atoms with Crippen molar-refractivity contribution in [2.45, 2.75) is 6.54 Å². The largest absolute Gasteiger partial charge is 0.342 e. The summed E-state index contributed by atoms with van der Waals surface area (Å²) in [7, 11) is 0. The number of benzene rings is 2. The van der Waals surface area contributed by atoms with Crippen LogP contribution in [-0.4, -0.2) is 20.4 Å². The van der Waals surface area contributed by atoms with Gasteiger partial charge < -0.3 is 9.88 Å². The third-order valence-corrected chi connectivity index (χ3v) is 4.25. The van der Waals surface area contributed by atoms with Gasteiger partial charge in [0.05, 0.1) is 11.8 Å². The fourth-order valence-electron chi connectivity index (χ4n) is 2.99. The second kappa shape index (κ2) is 7.10. The number of rotatable bonds is 4. The third kappa shape index (κ3) is 3.39. The molecule has 27 heavy (non-hydrogen) atoms. The molecule has 0 saturated heterocycles. The molecule has 0 bridgehead atoms. The predicted octanol–water partition coefficient (Wildman–Crippen LogP) is 3.60. The minimum atomic E-state index is -0.343. The number of nitriles is 1. The summed E-state index contributed by atoms with van der Waals surface area (Å²) >= 11 is 0. The van der Waals surface area contributed by atoms with Crippen molar-refractivity contribution in [3.8, 4) is 6.07 Å². The Balaban J connectivity index is 1.66. The average Bonchev–Trinajstić information content (AvgIpc) is 3.06. The van der Waals surface area contributed by atoms with Gasteiger partial charge in [-0.3, -0.25) is 9.78 Å². The second-order valence-corrected chi connectivity index (χ2v) is 6.04. The molecule has 0 aliphatic rings. The van der Waals surface area contributed by atoms with Crippen molar-refractivity contribution < 1.29 is 4.79 Å². The summed E-state index contributed by atoms with van der Waals surface area (Å²) in [5.74, 6) is -0.343. The van der Waals surface area contributed by atoms with Crippen LogP contribution in [0.25, 0.3) is 10.9 Å². The van der Waals surface area contributed by atoms with Crippen molar-refractivity contribution in [3.05, 3.63) is 90.1 Å². The Hall–Kier alpha value is -3.98. The molecule has 4 aromatic rings. The van der Waals surface area contributed by atoms with E-state index in [-0.39, 0.29) is 11.6 Å². The SMILES string of the molecule is N#Cc1cn(Cc2ccccc2)c2ccc(NC(=O)c3cnccn3)cc12. The zero-order chi connectivity index (χ0) is 18.6. The van der Waals surface area contributed by atoms with Gasteiger partial charge >= 0.3 is 0 Å². The fourth-order valence-corrected chi connectivity index (χ4v) is 2.99. The van der Waals surface area contributed by atoms with Gasteiger partial charge in [-0.25, -0.2) is 4.98 Å². The summed E-state index contributed by atoms with van der Waals surface area (Å²) in [4.78, 5) is 20.2. The Labute approximate surface area is 155 Å². The molecule has 4 rings (SSSR count). The van der Waals surface area contributed by atoms with E-state index in [0.717, 1.165) is 16.5 Å². The van der Waals surface area contributed by atoms with E-state index in [9.17, 15) is 10.1 Å². The Bertz CT molecular complexity index is 1140. The zero-order valence-electron chi connectivity index (χ0n) is 14.3. The van der Waals surface area contributed by atoms with Crippen LogP contribution < -0.4 is 5.32 Å². The van der Waals surface area contributed by atoms with Gasteiger partial charge in [0.25, 0.3) is 5.91 Å². The van der Waals surface area contributed by atoms with Crippen LogP contribution in [0.4, 0.5) is 5.69 Å². The summed E-state index contributed by atoms with van der Waals surface area (Å²) in [6.07, 6.45) is 6.23. The Morgan fingerprint density at radius 2 is 2.00 bits per heavy atom. The van der Waals surface area contributed by atoms with Crippen molar-refractivity contribution in [2.75, 3.05) is 5.32 Å². The summed E-state index contributed by atoms with van der Waals surface area (Å²) < 4.78 is 2.04. The van der Waals surface area contributed by atoms with Crippen LogP contribution in [0.1, 0.15) is 21.6 Å². The van der Waals surface area contributed by atoms with Gasteiger partial charge in [-0.15, -0.1) is 0 Å². The molecule has 0 unspecified atom stereocenters. The lowest BCUT2D eigenvalue weighted by atomic mass is 10.1. The van der Waals surface area contributed by atoms with Crippen molar-refractivity contribution >= 4 is 22.5 Å². The molecule has 2 heterocycles. The van der Waals surface area contributed by atoms with E-state index in [1.807, 2.05) is 59.3 Å². The smallest absolute Gasteiger partial charge is 0.275 e. The summed E-state index contributed by atoms with van der Waals surface area (Å²) in [6, 6.07) is 17.8. The van der Waals surface area contributed by atoms with Crippen LogP contribution >= 0.6 is 0 Å². The fraction of sp³-hybridized carbons (Fsp3) is 0.0476. The molecule has 1 amide bonds. The van der Waals surface area contributed by atoms with Gasteiger partial charge in [0, 0.05) is 41.7 Å². The number of hydrogen-bond donors (Lipinski definition) is 1. The van der Waals surface area contributed by atoms with Gasteiger partial charge in [-0.2, -0.15) is 5.26 Å². The van der Waals surface area contributed by atoms with Gasteiger partial charge in [-0.05, 0) is 23.8 Å². The number of carbonyl (C=O) groups excluding carboxylic acids is 1. The first-order chi connectivity index (χ1) is 13.2. The van der Waals surface area contributed by atoms with Crippen molar-refractivity contribution in [2.24, 2.45) is 0 Å². The second-order valence-electron chi connectivity index (χ2n) is 6.04. The molecule has 130 valence electrons. The Morgan fingerprint density at radius 3 is 2.74 bits per heavy atom. The molecular weight excluding hydrogens is 338 g/mol. The number of aromatic nitrogens is 3. The first-order valence-electron chi connectivity index (χ1n) is 8.39. The summed E-state index contributed by atoms with van der Waals surface area (Å²) in [5, 5.41) is 13.1. The molecular formula is C21H15N5O. The normalized spacial score (nSPS) is 10.5. The minimum Gasteiger partial charge on any atom is -0.342 e. The maximum Gasteiger partial charge on any atom is 0.275 e. The van der Waals surface area contributed by atoms with Crippen LogP contribution in [0.3, 0.4) is 0 Å². The maximum atomic E-state index is 12.3. The van der Waals surface area contributed by atoms with E-state index in [1.165, 1.54) is 18.6 Å². The highest BCUT2D eigenvalue weighted by atomic mass is 16.1. The van der Waals surface area contributed by atoms with Crippen LogP contribution in [-0.2, 0) is 6.54 Å². The van der Waals surface area contributed by atoms with Crippen LogP contribution in [0, 0.1) is 11.3 Å². The Morgan fingerprint density at radius 1 is 1.15 bits per heavy atom. The number of hydrogen-bond acceptors (Lipinski definition) is 4. The summed E-state index contributed by atoms with van der Waals surface area (Å²) in [6.45, 7) is 0.671. The van der Waals surface area contributed by atoms with Crippen LogP contribution in [0.2, 0.25) is 0 Å². The van der Waals surface area contributed by atoms with Gasteiger partial charge in [-0.1, -0.05) is 30.3 Å². The highest BCUT2D eigenvalue weighted by molar-refractivity contribution is 6.04. The minimum absolute atomic E-state index is 0.236. The molecule has 1 N–H and O–H groups in total. The lowest BCUT2D eigenvalue weighted by molar-refractivity contribution is 0.102. The molecule has 2 aromatic heterocycles. The summed E-state index contributed by atoms with van der Waals surface area (Å²) in [5.41, 5.74) is 3.50. The van der Waals surface area contributed by atoms with Gasteiger partial charge in [0.2, 0.25) is 0 Å². The van der Waals surface area contributed by atoms with Crippen LogP contribution in [0.15, 0.2) is 73.3 Å². The lowest BCUT2D eigenvalue weighted by Gasteiger charge is -2.07. The number of anilines is 1. The quantitative estimate of drug-likeness (QED) is 0.607. The Kier molecular flexibility index (Phi) is 4.33. The molecule has 6 heteroatoms. The average molecular weight is 353 g/mol. The van der Waals surface area contributed by atoms with E-state index in [1.54, 1.807) is 0 Å². The zero-order valence-corrected chi connectivity index (χ0v) is 14.3. The van der Waals surface area contributed by atoms with Gasteiger partial charge in [0.15, 0.2) is 0 Å². The monoisotopic (exact) mass is 353 g/mol. The van der Waals surface area contributed by atoms with E-state index in [4.69, 9.17) is 0 Å². The van der Waals surface area contributed by atoms with E-state index in [0.29, 0.717) is 17.8 Å². The molecule has 0 radical (unpaired) electrons. The number of nitrogens with zero attached hydrogens (tertiary/aromatic N) is 4. The van der Waals surface area contributed by atoms with E-state index < -0.39 is 0 Å². The van der Waals surface area contributed by atoms with E-state index >= 15 is 0 Å². The standard InChI is InChI=1S/C21H15N5O/c22-11-16-14-26(13-15-4-2-1-3-5-15)20-7-6-17(10-18(16)20)25-21(27)19-12-23-8-9-24-19/h1-10,12,14H,13H2,(H,25,27). The number of fused-ring (bicyclic) bond motifs is 1. The third-order valence-electron chi connectivity index (χ3n) is 4.25. The van der Waals surface area contributed by atoms with E-state index in [2.05, 4.69) is 21.4 Å². The number of carbonyl (C=O) groups is 1. The molecule has 0 spiro atoms. The molecule has 0 atom stereocenters. The van der Waals surface area contributed by atoms with Crippen molar-refractivity contribution in [1.82, 2.24) is 14.5 Å². The first-order valence-corrected chi connectivity index (χ1v) is 8.39. The highest BCUT2D eigenvalue weighted by Gasteiger charge is 2.12. The van der Waals surface area contributed by atoms with Crippen molar-refractivity contribution in [3.63, 3.8) is 0 Å². The number of amides is 1. The number of nitrogens with one attached hydrogen (secondary N) is 1. The lowest BCUT2D eigenvalue weighted by Crippen LogP contribution is -2.13. The molecule has 0 aliphatic heterocycles. The van der Waals surface area contributed by atoms with Crippen molar-refractivity contribution in [1.29, 1.82) is 5.26 Å². The predicted molar refractivity (Wildman–Crippen MR) is 102 cm³/mol. The van der Waals surface area contributed by atoms with Gasteiger partial charge in [0.1, 0.15) is 11.8 Å². The highest BCUT2D eigenvalue weighted by Crippen LogP contribution is 2.25. The molecule has 2 aromatic carbocycles. The van der Waals surface area contributed by atoms with Crippen LogP contribution in [0.5, 0.6) is 0 Å². The first kappa shape index (κ1) is 16.5. The molecule has 6 nitrogen and oxygen atoms in total. The maximum absolute atomic E-state index is 12.3. The molecule has 0 aliphatic carbocycles.